The lowest BCUT2D eigenvalue weighted by molar-refractivity contribution is -0.307. The summed E-state index contributed by atoms with van der Waals surface area (Å²) < 4.78 is 5.67. The van der Waals surface area contributed by atoms with Crippen molar-refractivity contribution in [2.45, 2.75) is 12.8 Å². The molecule has 1 unspecified atom stereocenters. The Labute approximate surface area is 132 Å². The lowest BCUT2D eigenvalue weighted by Gasteiger charge is -2.11. The molecule has 0 fully saturated rings. The van der Waals surface area contributed by atoms with Gasteiger partial charge in [0.15, 0.2) is 5.58 Å². The molecule has 5 nitrogen and oxygen atoms in total. The van der Waals surface area contributed by atoms with E-state index in [1.54, 1.807) is 37.3 Å². The Balaban J connectivity index is 0.00000176. The third-order valence-electron chi connectivity index (χ3n) is 3.36. The van der Waals surface area contributed by atoms with E-state index in [0.29, 0.717) is 27.6 Å². The van der Waals surface area contributed by atoms with Gasteiger partial charge in [-0.1, -0.05) is 24.6 Å². The van der Waals surface area contributed by atoms with Crippen molar-refractivity contribution in [1.82, 2.24) is 11.1 Å². The zero-order chi connectivity index (χ0) is 15.0. The molecule has 0 saturated carbocycles. The summed E-state index contributed by atoms with van der Waals surface area (Å²) in [6.07, 6.45) is 0. The molecule has 4 N–H and O–H groups in total. The van der Waals surface area contributed by atoms with Crippen LogP contribution in [0.3, 0.4) is 0 Å². The third-order valence-corrected chi connectivity index (χ3v) is 3.61. The number of hydrogen-bond donors (Lipinski definition) is 1. The van der Waals surface area contributed by atoms with Gasteiger partial charge in [-0.3, -0.25) is 0 Å². The van der Waals surface area contributed by atoms with Gasteiger partial charge in [-0.05, 0) is 42.0 Å². The molecule has 1 atom stereocenters. The van der Waals surface area contributed by atoms with Crippen molar-refractivity contribution in [3.05, 3.63) is 53.1 Å². The summed E-state index contributed by atoms with van der Waals surface area (Å²) in [4.78, 5) is 15.3. The van der Waals surface area contributed by atoms with Gasteiger partial charge in [0.2, 0.25) is 5.89 Å². The number of halogens is 1. The lowest BCUT2D eigenvalue weighted by atomic mass is 10.0. The summed E-state index contributed by atoms with van der Waals surface area (Å²) in [7, 11) is 0. The van der Waals surface area contributed by atoms with Crippen LogP contribution in [0.4, 0.5) is 0 Å². The average molecular weight is 319 g/mol. The highest BCUT2D eigenvalue weighted by atomic mass is 35.5. The van der Waals surface area contributed by atoms with Crippen molar-refractivity contribution in [3.63, 3.8) is 0 Å². The molecule has 0 spiro atoms. The molecule has 1 heterocycles. The molecule has 0 aliphatic heterocycles. The first-order valence-corrected chi connectivity index (χ1v) is 6.79. The fourth-order valence-electron chi connectivity index (χ4n) is 2.07. The van der Waals surface area contributed by atoms with Gasteiger partial charge in [0.1, 0.15) is 5.52 Å². The number of carboxylic acid groups (broad SMARTS) is 1. The normalized spacial score (nSPS) is 11.9. The van der Waals surface area contributed by atoms with Crippen LogP contribution in [-0.4, -0.2) is 11.0 Å². The molecule has 0 aliphatic rings. The molecule has 2 aromatic carbocycles. The molecule has 22 heavy (non-hydrogen) atoms. The fourth-order valence-corrected chi connectivity index (χ4v) is 2.19. The Morgan fingerprint density at radius 2 is 1.91 bits per heavy atom. The first kappa shape index (κ1) is 16.0. The molecule has 6 heteroatoms. The van der Waals surface area contributed by atoms with E-state index in [9.17, 15) is 9.90 Å². The van der Waals surface area contributed by atoms with E-state index in [2.05, 4.69) is 4.98 Å². The standard InChI is InChI=1S/C16H12ClNO3.H3N/c1-9(16(19)20)11-4-7-14-13(8-11)18-15(21-14)10-2-5-12(17)6-3-10;/h2-9H,1H3,(H,19,20);1H3. The topological polar surface area (TPSA) is 103 Å². The van der Waals surface area contributed by atoms with Gasteiger partial charge < -0.3 is 20.5 Å². The van der Waals surface area contributed by atoms with E-state index < -0.39 is 11.9 Å². The van der Waals surface area contributed by atoms with Crippen LogP contribution in [0.25, 0.3) is 22.6 Å². The van der Waals surface area contributed by atoms with Gasteiger partial charge in [0.25, 0.3) is 0 Å². The van der Waals surface area contributed by atoms with Crippen LogP contribution < -0.4 is 11.3 Å². The Hall–Kier alpha value is -2.37. The van der Waals surface area contributed by atoms with Gasteiger partial charge >= 0.3 is 0 Å². The van der Waals surface area contributed by atoms with Crippen molar-refractivity contribution in [1.29, 1.82) is 0 Å². The van der Waals surface area contributed by atoms with Gasteiger partial charge in [0.05, 0.1) is 0 Å². The molecule has 0 bridgehead atoms. The largest absolute Gasteiger partial charge is 0.550 e. The summed E-state index contributed by atoms with van der Waals surface area (Å²) in [5, 5.41) is 11.6. The van der Waals surface area contributed by atoms with E-state index in [4.69, 9.17) is 16.0 Å². The van der Waals surface area contributed by atoms with Gasteiger partial charge in [-0.2, -0.15) is 0 Å². The molecule has 0 aliphatic carbocycles. The second-order valence-electron chi connectivity index (χ2n) is 4.79. The van der Waals surface area contributed by atoms with E-state index in [1.165, 1.54) is 0 Å². The number of fused-ring (bicyclic) bond motifs is 1. The molecule has 1 aromatic heterocycles. The van der Waals surface area contributed by atoms with Crippen LogP contribution in [0.2, 0.25) is 5.02 Å². The van der Waals surface area contributed by atoms with Crippen molar-refractivity contribution in [2.24, 2.45) is 0 Å². The predicted molar refractivity (Wildman–Crippen MR) is 83.9 cm³/mol. The van der Waals surface area contributed by atoms with Crippen molar-refractivity contribution < 1.29 is 14.3 Å². The fraction of sp³-hybridized carbons (Fsp3) is 0.125. The summed E-state index contributed by atoms with van der Waals surface area (Å²) in [6.45, 7) is 1.58. The first-order valence-electron chi connectivity index (χ1n) is 6.42. The smallest absolute Gasteiger partial charge is 0.227 e. The molecule has 0 amide bonds. The van der Waals surface area contributed by atoms with E-state index in [0.717, 1.165) is 5.56 Å². The minimum Gasteiger partial charge on any atom is -0.550 e. The minimum absolute atomic E-state index is 0. The van der Waals surface area contributed by atoms with Crippen LogP contribution in [0, 0.1) is 0 Å². The first-order chi connectivity index (χ1) is 10.0. The van der Waals surface area contributed by atoms with Gasteiger partial charge in [-0.15, -0.1) is 0 Å². The number of aromatic nitrogens is 1. The van der Waals surface area contributed by atoms with E-state index in [1.807, 2.05) is 12.1 Å². The van der Waals surface area contributed by atoms with Gasteiger partial charge in [0, 0.05) is 22.5 Å². The van der Waals surface area contributed by atoms with Crippen LogP contribution >= 0.6 is 11.6 Å². The molecule has 3 rings (SSSR count). The average Bonchev–Trinajstić information content (AvgIpc) is 2.89. The number of oxazole rings is 1. The highest BCUT2D eigenvalue weighted by Crippen LogP contribution is 2.27. The maximum atomic E-state index is 10.9. The highest BCUT2D eigenvalue weighted by Gasteiger charge is 2.12. The van der Waals surface area contributed by atoms with E-state index >= 15 is 0 Å². The number of carbonyl (C=O) groups is 1. The number of quaternary nitrogens is 1. The van der Waals surface area contributed by atoms with Crippen LogP contribution in [-0.2, 0) is 4.79 Å². The van der Waals surface area contributed by atoms with Crippen LogP contribution in [0.1, 0.15) is 18.4 Å². The number of nitrogens with zero attached hydrogens (tertiary/aromatic N) is 1. The van der Waals surface area contributed by atoms with Crippen molar-refractivity contribution >= 4 is 28.7 Å². The minimum atomic E-state index is -1.12. The molecule has 114 valence electrons. The lowest BCUT2D eigenvalue weighted by Crippen LogP contribution is -2.27. The number of carbonyl (C=O) groups excluding carboxylic acids is 1. The second kappa shape index (κ2) is 6.17. The molecule has 0 saturated heterocycles. The Bertz CT molecular complexity index is 812. The van der Waals surface area contributed by atoms with Crippen molar-refractivity contribution in [2.75, 3.05) is 0 Å². The number of aliphatic carboxylic acids is 1. The summed E-state index contributed by atoms with van der Waals surface area (Å²) >= 11 is 5.85. The Kier molecular flexibility index (Phi) is 4.49. The Morgan fingerprint density at radius 1 is 1.23 bits per heavy atom. The molecular formula is C16H15ClN2O3. The molecule has 3 aromatic rings. The molecular weight excluding hydrogens is 304 g/mol. The SMILES string of the molecule is CC(C(=O)[O-])c1ccc2oc(-c3ccc(Cl)cc3)nc2c1.[NH4+]. The van der Waals surface area contributed by atoms with Gasteiger partial charge in [-0.25, -0.2) is 4.98 Å². The maximum Gasteiger partial charge on any atom is 0.227 e. The zero-order valence-corrected chi connectivity index (χ0v) is 12.9. The Morgan fingerprint density at radius 3 is 2.55 bits per heavy atom. The van der Waals surface area contributed by atoms with Crippen LogP contribution in [0.5, 0.6) is 0 Å². The third kappa shape index (κ3) is 2.95. The maximum absolute atomic E-state index is 10.9. The number of benzene rings is 2. The summed E-state index contributed by atoms with van der Waals surface area (Å²) in [6, 6.07) is 12.3. The quantitative estimate of drug-likeness (QED) is 0.799. The van der Waals surface area contributed by atoms with E-state index in [-0.39, 0.29) is 6.15 Å². The zero-order valence-electron chi connectivity index (χ0n) is 12.2. The van der Waals surface area contributed by atoms with Crippen molar-refractivity contribution in [3.8, 4) is 11.5 Å². The highest BCUT2D eigenvalue weighted by molar-refractivity contribution is 6.30. The van der Waals surface area contributed by atoms with Crippen LogP contribution in [0.15, 0.2) is 46.9 Å². The molecule has 0 radical (unpaired) electrons. The summed E-state index contributed by atoms with van der Waals surface area (Å²) in [5.74, 6) is -1.33. The number of hydrogen-bond acceptors (Lipinski definition) is 4. The number of carboxylic acids is 1. The second-order valence-corrected chi connectivity index (χ2v) is 5.23. The number of rotatable bonds is 3. The monoisotopic (exact) mass is 318 g/mol. The summed E-state index contributed by atoms with van der Waals surface area (Å²) in [5.41, 5.74) is 2.67. The predicted octanol–water partition coefficient (Wildman–Crippen LogP) is 3.38.